The zero-order valence-corrected chi connectivity index (χ0v) is 13.5. The summed E-state index contributed by atoms with van der Waals surface area (Å²) in [6.45, 7) is 4.85. The Hall–Kier alpha value is -2.17. The van der Waals surface area contributed by atoms with Gasteiger partial charge in [0.25, 0.3) is 0 Å². The molecule has 2 aromatic rings. The molecule has 1 atom stereocenters. The van der Waals surface area contributed by atoms with E-state index in [0.29, 0.717) is 5.92 Å². The summed E-state index contributed by atoms with van der Waals surface area (Å²) in [5.74, 6) is 0.820. The molecule has 1 fully saturated rings. The third-order valence-corrected chi connectivity index (χ3v) is 4.31. The van der Waals surface area contributed by atoms with Crippen molar-refractivity contribution >= 4 is 5.91 Å². The van der Waals surface area contributed by atoms with Crippen LogP contribution in [-0.2, 0) is 11.2 Å². The number of halogens is 1. The summed E-state index contributed by atoms with van der Waals surface area (Å²) in [5.41, 5.74) is 1.74. The molecule has 1 aromatic heterocycles. The molecule has 0 N–H and O–H groups in total. The van der Waals surface area contributed by atoms with E-state index in [4.69, 9.17) is 4.52 Å². The third kappa shape index (κ3) is 3.44. The highest BCUT2D eigenvalue weighted by Crippen LogP contribution is 2.33. The molecule has 122 valence electrons. The first-order chi connectivity index (χ1) is 11.0. The molecule has 0 aliphatic carbocycles. The topological polar surface area (TPSA) is 46.3 Å². The molecular formula is C18H21FN2O2. The highest BCUT2D eigenvalue weighted by atomic mass is 19.1. The molecule has 2 heterocycles. The van der Waals surface area contributed by atoms with Gasteiger partial charge in [0.15, 0.2) is 5.76 Å². The van der Waals surface area contributed by atoms with Gasteiger partial charge in [-0.15, -0.1) is 0 Å². The summed E-state index contributed by atoms with van der Waals surface area (Å²) in [6.07, 6.45) is 2.13. The van der Waals surface area contributed by atoms with Gasteiger partial charge in [0, 0.05) is 12.6 Å². The SMILES string of the molecule is CC(C)c1cc(C2CCCN2C(=O)Cc2ccc(F)cc2)on1. The van der Waals surface area contributed by atoms with Crippen LogP contribution < -0.4 is 0 Å². The fourth-order valence-electron chi connectivity index (χ4n) is 2.97. The zero-order chi connectivity index (χ0) is 16.4. The lowest BCUT2D eigenvalue weighted by Gasteiger charge is -2.22. The Morgan fingerprint density at radius 1 is 1.39 bits per heavy atom. The Bertz CT molecular complexity index is 679. The fraction of sp³-hybridized carbons (Fsp3) is 0.444. The van der Waals surface area contributed by atoms with Crippen LogP contribution in [0.15, 0.2) is 34.9 Å². The van der Waals surface area contributed by atoms with Crippen LogP contribution in [0.1, 0.15) is 55.7 Å². The standard InChI is InChI=1S/C18H21FN2O2/c1-12(2)15-11-17(23-20-15)16-4-3-9-21(16)18(22)10-13-5-7-14(19)8-6-13/h5-8,11-12,16H,3-4,9-10H2,1-2H3. The summed E-state index contributed by atoms with van der Waals surface area (Å²) in [5, 5.41) is 4.09. The lowest BCUT2D eigenvalue weighted by molar-refractivity contribution is -0.131. The smallest absolute Gasteiger partial charge is 0.227 e. The van der Waals surface area contributed by atoms with E-state index in [2.05, 4.69) is 19.0 Å². The fourth-order valence-corrected chi connectivity index (χ4v) is 2.97. The maximum atomic E-state index is 13.0. The molecule has 1 unspecified atom stereocenters. The monoisotopic (exact) mass is 316 g/mol. The number of aromatic nitrogens is 1. The number of nitrogens with zero attached hydrogens (tertiary/aromatic N) is 2. The molecule has 1 aromatic carbocycles. The largest absolute Gasteiger partial charge is 0.359 e. The normalized spacial score (nSPS) is 17.9. The van der Waals surface area contributed by atoms with Crippen LogP contribution >= 0.6 is 0 Å². The number of benzene rings is 1. The van der Waals surface area contributed by atoms with Crippen LogP contribution in [0.4, 0.5) is 4.39 Å². The van der Waals surface area contributed by atoms with E-state index in [1.54, 1.807) is 12.1 Å². The lowest BCUT2D eigenvalue weighted by Crippen LogP contribution is -2.31. The van der Waals surface area contributed by atoms with Crippen molar-refractivity contribution in [3.05, 3.63) is 53.2 Å². The van der Waals surface area contributed by atoms with Gasteiger partial charge < -0.3 is 9.42 Å². The summed E-state index contributed by atoms with van der Waals surface area (Å²) in [7, 11) is 0. The molecule has 3 rings (SSSR count). The highest BCUT2D eigenvalue weighted by molar-refractivity contribution is 5.79. The van der Waals surface area contributed by atoms with Crippen LogP contribution in [-0.4, -0.2) is 22.5 Å². The van der Waals surface area contributed by atoms with Gasteiger partial charge in [-0.1, -0.05) is 31.1 Å². The molecule has 23 heavy (non-hydrogen) atoms. The van der Waals surface area contributed by atoms with Crippen LogP contribution in [0.3, 0.4) is 0 Å². The number of amides is 1. The average Bonchev–Trinajstić information content (AvgIpc) is 3.17. The van der Waals surface area contributed by atoms with Gasteiger partial charge in [-0.25, -0.2) is 4.39 Å². The molecule has 1 amide bonds. The van der Waals surface area contributed by atoms with Gasteiger partial charge in [-0.2, -0.15) is 0 Å². The predicted molar refractivity (Wildman–Crippen MR) is 84.4 cm³/mol. The van der Waals surface area contributed by atoms with Crippen molar-refractivity contribution in [2.45, 2.75) is 45.1 Å². The third-order valence-electron chi connectivity index (χ3n) is 4.31. The van der Waals surface area contributed by atoms with Crippen molar-refractivity contribution in [2.75, 3.05) is 6.54 Å². The Labute approximate surface area is 135 Å². The van der Waals surface area contributed by atoms with E-state index in [0.717, 1.165) is 36.4 Å². The molecule has 0 spiro atoms. The Kier molecular flexibility index (Phi) is 4.46. The van der Waals surface area contributed by atoms with Crippen molar-refractivity contribution in [3.8, 4) is 0 Å². The maximum absolute atomic E-state index is 13.0. The van der Waals surface area contributed by atoms with Gasteiger partial charge in [0.05, 0.1) is 18.2 Å². The average molecular weight is 316 g/mol. The van der Waals surface area contributed by atoms with Gasteiger partial charge in [0.1, 0.15) is 5.82 Å². The summed E-state index contributed by atoms with van der Waals surface area (Å²) >= 11 is 0. The van der Waals surface area contributed by atoms with E-state index in [1.165, 1.54) is 12.1 Å². The molecule has 0 bridgehead atoms. The second kappa shape index (κ2) is 6.52. The van der Waals surface area contributed by atoms with Gasteiger partial charge in [0.2, 0.25) is 5.91 Å². The Morgan fingerprint density at radius 3 is 2.78 bits per heavy atom. The number of hydrogen-bond acceptors (Lipinski definition) is 3. The number of carbonyl (C=O) groups excluding carboxylic acids is 1. The van der Waals surface area contributed by atoms with Crippen molar-refractivity contribution < 1.29 is 13.7 Å². The minimum atomic E-state index is -0.289. The molecular weight excluding hydrogens is 295 g/mol. The first-order valence-electron chi connectivity index (χ1n) is 8.05. The number of rotatable bonds is 4. The van der Waals surface area contributed by atoms with E-state index in [-0.39, 0.29) is 24.2 Å². The van der Waals surface area contributed by atoms with Crippen LogP contribution in [0.2, 0.25) is 0 Å². The maximum Gasteiger partial charge on any atom is 0.227 e. The summed E-state index contributed by atoms with van der Waals surface area (Å²) in [4.78, 5) is 14.4. The Morgan fingerprint density at radius 2 is 2.13 bits per heavy atom. The minimum absolute atomic E-state index is 0.0389. The summed E-state index contributed by atoms with van der Waals surface area (Å²) < 4.78 is 18.4. The first kappa shape index (κ1) is 15.7. The molecule has 5 heteroatoms. The van der Waals surface area contributed by atoms with E-state index >= 15 is 0 Å². The molecule has 1 saturated heterocycles. The van der Waals surface area contributed by atoms with Crippen LogP contribution in [0, 0.1) is 5.82 Å². The van der Waals surface area contributed by atoms with Crippen molar-refractivity contribution in [3.63, 3.8) is 0 Å². The predicted octanol–water partition coefficient (Wildman–Crippen LogP) is 3.84. The minimum Gasteiger partial charge on any atom is -0.359 e. The lowest BCUT2D eigenvalue weighted by atomic mass is 10.1. The molecule has 1 aliphatic rings. The second-order valence-electron chi connectivity index (χ2n) is 6.36. The number of carbonyl (C=O) groups is 1. The molecule has 0 saturated carbocycles. The summed E-state index contributed by atoms with van der Waals surface area (Å²) in [6, 6.07) is 8.00. The number of hydrogen-bond donors (Lipinski definition) is 0. The van der Waals surface area contributed by atoms with Gasteiger partial charge >= 0.3 is 0 Å². The quantitative estimate of drug-likeness (QED) is 0.861. The van der Waals surface area contributed by atoms with Crippen molar-refractivity contribution in [2.24, 2.45) is 0 Å². The Balaban J connectivity index is 1.72. The highest BCUT2D eigenvalue weighted by Gasteiger charge is 2.32. The first-order valence-corrected chi connectivity index (χ1v) is 8.05. The zero-order valence-electron chi connectivity index (χ0n) is 13.5. The van der Waals surface area contributed by atoms with Crippen LogP contribution in [0.5, 0.6) is 0 Å². The molecule has 0 radical (unpaired) electrons. The van der Waals surface area contributed by atoms with Gasteiger partial charge in [-0.3, -0.25) is 4.79 Å². The second-order valence-corrected chi connectivity index (χ2v) is 6.36. The van der Waals surface area contributed by atoms with Crippen LogP contribution in [0.25, 0.3) is 0 Å². The van der Waals surface area contributed by atoms with E-state index in [9.17, 15) is 9.18 Å². The van der Waals surface area contributed by atoms with Crippen molar-refractivity contribution in [1.29, 1.82) is 0 Å². The number of likely N-dealkylation sites (tertiary alicyclic amines) is 1. The molecule has 4 nitrogen and oxygen atoms in total. The van der Waals surface area contributed by atoms with E-state index in [1.807, 2.05) is 11.0 Å². The van der Waals surface area contributed by atoms with Crippen molar-refractivity contribution in [1.82, 2.24) is 10.1 Å². The molecule has 1 aliphatic heterocycles. The van der Waals surface area contributed by atoms with E-state index < -0.39 is 0 Å². The van der Waals surface area contributed by atoms with Gasteiger partial charge in [-0.05, 0) is 36.5 Å².